The summed E-state index contributed by atoms with van der Waals surface area (Å²) >= 11 is 0. The van der Waals surface area contributed by atoms with Gasteiger partial charge in [-0.1, -0.05) is 12.1 Å². The van der Waals surface area contributed by atoms with Gasteiger partial charge in [0.15, 0.2) is 0 Å². The van der Waals surface area contributed by atoms with Crippen molar-refractivity contribution in [3.05, 3.63) is 76.7 Å². The third kappa shape index (κ3) is 5.99. The average molecular weight is 578 g/mol. The lowest BCUT2D eigenvalue weighted by atomic mass is 9.97. The number of benzene rings is 2. The largest absolute Gasteiger partial charge is 0.494 e. The third-order valence-corrected chi connectivity index (χ3v) is 8.44. The molecule has 5 rings (SSSR count). The van der Waals surface area contributed by atoms with Crippen LogP contribution < -0.4 is 9.47 Å². The predicted octanol–water partition coefficient (Wildman–Crippen LogP) is 5.77. The molecule has 6 nitrogen and oxygen atoms in total. The molecule has 1 heterocycles. The van der Waals surface area contributed by atoms with Crippen molar-refractivity contribution < 1.29 is 40.2 Å². The number of carbonyl (C=O) groups is 1. The van der Waals surface area contributed by atoms with Crippen LogP contribution in [0.2, 0.25) is 0 Å². The van der Waals surface area contributed by atoms with Gasteiger partial charge in [-0.25, -0.2) is 17.8 Å². The lowest BCUT2D eigenvalue weighted by Crippen LogP contribution is -2.10. The van der Waals surface area contributed by atoms with Gasteiger partial charge in [0.25, 0.3) is 0 Å². The Morgan fingerprint density at radius 1 is 1.10 bits per heavy atom. The van der Waals surface area contributed by atoms with E-state index in [-0.39, 0.29) is 71.3 Å². The summed E-state index contributed by atoms with van der Waals surface area (Å²) < 4.78 is 90.0. The van der Waals surface area contributed by atoms with Crippen LogP contribution in [0.5, 0.6) is 11.6 Å². The maximum atomic E-state index is 14.6. The van der Waals surface area contributed by atoms with E-state index < -0.39 is 27.4 Å². The topological polar surface area (TPSA) is 82.6 Å². The van der Waals surface area contributed by atoms with Gasteiger partial charge in [-0.2, -0.15) is 13.2 Å². The third-order valence-electron chi connectivity index (χ3n) is 7.41. The molecule has 0 N–H and O–H groups in total. The molecule has 11 heteroatoms. The maximum absolute atomic E-state index is 14.6. The molecule has 0 unspecified atom stereocenters. The highest BCUT2D eigenvalue weighted by Gasteiger charge is 2.58. The van der Waals surface area contributed by atoms with E-state index in [0.717, 1.165) is 35.9 Å². The number of sulfone groups is 1. The lowest BCUT2D eigenvalue weighted by Gasteiger charge is -2.16. The van der Waals surface area contributed by atoms with Crippen LogP contribution in [-0.4, -0.2) is 37.8 Å². The molecule has 2 aliphatic rings. The lowest BCUT2D eigenvalue weighted by molar-refractivity contribution is -0.137. The Bertz CT molecular complexity index is 1570. The number of aromatic nitrogens is 1. The Balaban J connectivity index is 1.31. The van der Waals surface area contributed by atoms with Gasteiger partial charge in [-0.3, -0.25) is 4.79 Å². The van der Waals surface area contributed by atoms with Crippen LogP contribution in [0.4, 0.5) is 17.6 Å². The van der Waals surface area contributed by atoms with E-state index in [1.54, 1.807) is 19.2 Å². The minimum Gasteiger partial charge on any atom is -0.494 e. The van der Waals surface area contributed by atoms with Gasteiger partial charge in [-0.05, 0) is 78.1 Å². The van der Waals surface area contributed by atoms with Crippen LogP contribution in [0.25, 0.3) is 11.1 Å². The molecule has 0 bridgehead atoms. The van der Waals surface area contributed by atoms with Gasteiger partial charge in [0, 0.05) is 30.0 Å². The van der Waals surface area contributed by atoms with Crippen LogP contribution in [-0.2, 0) is 33.8 Å². The van der Waals surface area contributed by atoms with Gasteiger partial charge in [0.1, 0.15) is 33.8 Å². The molecule has 0 aliphatic heterocycles. The molecular weight excluding hydrogens is 550 g/mol. The van der Waals surface area contributed by atoms with Crippen molar-refractivity contribution >= 4 is 15.6 Å². The zero-order valence-corrected chi connectivity index (χ0v) is 22.6. The molecular formula is C29H27F4NO5S. The summed E-state index contributed by atoms with van der Waals surface area (Å²) in [4.78, 5) is 16.0. The molecule has 1 saturated carbocycles. The van der Waals surface area contributed by atoms with Crippen molar-refractivity contribution in [3.8, 4) is 22.8 Å². The first-order valence-electron chi connectivity index (χ1n) is 12.7. The number of carbonyl (C=O) groups excluding carboxylic acids is 1. The first-order chi connectivity index (χ1) is 18.8. The number of hydrogen-bond acceptors (Lipinski definition) is 6. The maximum Gasteiger partial charge on any atom is 0.417 e. The fourth-order valence-electron chi connectivity index (χ4n) is 5.52. The highest BCUT2D eigenvalue weighted by atomic mass is 32.2. The molecule has 2 aromatic carbocycles. The summed E-state index contributed by atoms with van der Waals surface area (Å²) in [6, 6.07) is 8.90. The summed E-state index contributed by atoms with van der Waals surface area (Å²) in [5.74, 6) is 0.190. The highest BCUT2D eigenvalue weighted by Crippen LogP contribution is 2.61. The first-order valence-corrected chi connectivity index (χ1v) is 14.8. The molecule has 3 aromatic rings. The molecule has 2 aliphatic carbocycles. The Hall–Kier alpha value is -3.47. The van der Waals surface area contributed by atoms with Gasteiger partial charge in [0.05, 0.1) is 17.9 Å². The first kappa shape index (κ1) is 28.1. The predicted molar refractivity (Wildman–Crippen MR) is 139 cm³/mol. The molecule has 3 atom stereocenters. The van der Waals surface area contributed by atoms with Crippen molar-refractivity contribution in [2.45, 2.75) is 38.5 Å². The molecule has 0 saturated heterocycles. The number of ether oxygens (including phenoxy) is 2. The van der Waals surface area contributed by atoms with Crippen molar-refractivity contribution in [1.82, 2.24) is 4.98 Å². The molecule has 212 valence electrons. The highest BCUT2D eigenvalue weighted by molar-refractivity contribution is 7.90. The smallest absolute Gasteiger partial charge is 0.417 e. The van der Waals surface area contributed by atoms with Gasteiger partial charge in [0.2, 0.25) is 5.88 Å². The van der Waals surface area contributed by atoms with Crippen molar-refractivity contribution in [1.29, 1.82) is 0 Å². The van der Waals surface area contributed by atoms with Crippen LogP contribution in [0.15, 0.2) is 48.7 Å². The number of fused-ring (bicyclic) bond motifs is 3. The molecule has 1 fully saturated rings. The Morgan fingerprint density at radius 2 is 1.88 bits per heavy atom. The molecule has 0 radical (unpaired) electrons. The normalized spacial score (nSPS) is 19.6. The van der Waals surface area contributed by atoms with Crippen molar-refractivity contribution in [2.75, 3.05) is 18.6 Å². The zero-order chi connectivity index (χ0) is 28.8. The number of pyridine rings is 1. The molecule has 0 amide bonds. The van der Waals surface area contributed by atoms with E-state index in [1.165, 1.54) is 24.3 Å². The van der Waals surface area contributed by atoms with E-state index >= 15 is 0 Å². The SMILES string of the molecule is CC(=O)[C@H]1[C@@H]2Cc3cc(OCc4cc(-c5ccc(OCCCS(C)(=O)=O)cc5C(F)(F)F)ccc4F)ncc3[C@@H]21. The number of Topliss-reactive ketones (excluding diaryl/α,β-unsaturated/α-hetero) is 1. The van der Waals surface area contributed by atoms with Gasteiger partial charge in [-0.15, -0.1) is 0 Å². The average Bonchev–Trinajstić information content (AvgIpc) is 3.47. The number of rotatable bonds is 10. The van der Waals surface area contributed by atoms with E-state index in [0.29, 0.717) is 5.92 Å². The monoisotopic (exact) mass is 577 g/mol. The Kier molecular flexibility index (Phi) is 7.37. The summed E-state index contributed by atoms with van der Waals surface area (Å²) in [6.45, 7) is 1.30. The zero-order valence-electron chi connectivity index (χ0n) is 21.8. The minimum atomic E-state index is -4.72. The number of ketones is 1. The second-order valence-electron chi connectivity index (χ2n) is 10.4. The molecule has 0 spiro atoms. The Labute approximate surface area is 229 Å². The minimum absolute atomic E-state index is 0.0508. The van der Waals surface area contributed by atoms with Crippen LogP contribution in [0.3, 0.4) is 0 Å². The van der Waals surface area contributed by atoms with Crippen LogP contribution in [0, 0.1) is 17.7 Å². The summed E-state index contributed by atoms with van der Waals surface area (Å²) in [5.41, 5.74) is 1.16. The summed E-state index contributed by atoms with van der Waals surface area (Å²) in [7, 11) is -3.21. The van der Waals surface area contributed by atoms with E-state index in [2.05, 4.69) is 4.98 Å². The van der Waals surface area contributed by atoms with Gasteiger partial charge >= 0.3 is 6.18 Å². The second-order valence-corrected chi connectivity index (χ2v) is 12.6. The number of nitrogens with zero attached hydrogens (tertiary/aromatic N) is 1. The second kappa shape index (κ2) is 10.5. The van der Waals surface area contributed by atoms with E-state index in [1.807, 2.05) is 0 Å². The van der Waals surface area contributed by atoms with Crippen molar-refractivity contribution in [3.63, 3.8) is 0 Å². The standard InChI is InChI=1S/C29H27F4NO5S/c1-16(35)27-22-11-18-12-26(34-14-23(18)28(22)27)39-15-19-10-17(4-7-25(19)30)21-6-5-20(13-24(21)29(31,32)33)38-8-3-9-40(2,36)37/h4-7,10,12-14,22,27-28H,3,8-9,11,15H2,1-2H3/t22-,27-,28+/m0/s1. The quantitative estimate of drug-likeness (QED) is 0.225. The molecule has 1 aromatic heterocycles. The van der Waals surface area contributed by atoms with E-state index in [4.69, 9.17) is 9.47 Å². The summed E-state index contributed by atoms with van der Waals surface area (Å²) in [6.07, 6.45) is -1.07. The molecule has 40 heavy (non-hydrogen) atoms. The number of alkyl halides is 3. The number of halogens is 4. The van der Waals surface area contributed by atoms with Gasteiger partial charge < -0.3 is 9.47 Å². The number of hydrogen-bond donors (Lipinski definition) is 0. The summed E-state index contributed by atoms with van der Waals surface area (Å²) in [5, 5.41) is 0. The van der Waals surface area contributed by atoms with Crippen molar-refractivity contribution in [2.24, 2.45) is 11.8 Å². The fourth-order valence-corrected chi connectivity index (χ4v) is 6.16. The van der Waals surface area contributed by atoms with E-state index in [9.17, 15) is 30.8 Å². The van der Waals surface area contributed by atoms with Crippen LogP contribution in [0.1, 0.15) is 41.5 Å². The van der Waals surface area contributed by atoms with Crippen LogP contribution >= 0.6 is 0 Å². The Morgan fingerprint density at radius 3 is 2.58 bits per heavy atom. The fraction of sp³-hybridized carbons (Fsp3) is 0.379.